The van der Waals surface area contributed by atoms with Crippen molar-refractivity contribution in [3.63, 3.8) is 0 Å². The van der Waals surface area contributed by atoms with E-state index in [1.54, 1.807) is 36.4 Å². The number of nitriles is 1. The first-order chi connectivity index (χ1) is 13.8. The fourth-order valence-electron chi connectivity index (χ4n) is 2.42. The topological polar surface area (TPSA) is 132 Å². The summed E-state index contributed by atoms with van der Waals surface area (Å²) in [5.74, 6) is 0.643. The van der Waals surface area contributed by atoms with E-state index in [0.717, 1.165) is 11.1 Å². The largest absolute Gasteiger partial charge is 0.493 e. The summed E-state index contributed by atoms with van der Waals surface area (Å²) in [5.41, 5.74) is 1.61. The fraction of sp³-hybridized carbons (Fsp3) is 0.200. The van der Waals surface area contributed by atoms with Crippen LogP contribution in [0.1, 0.15) is 11.1 Å². The van der Waals surface area contributed by atoms with Crippen LogP contribution in [-0.2, 0) is 21.2 Å². The lowest BCUT2D eigenvalue weighted by molar-refractivity contribution is -0.116. The molecule has 152 valence electrons. The molecule has 3 N–H and O–H groups in total. The summed E-state index contributed by atoms with van der Waals surface area (Å²) in [6.45, 7) is 0.306. The summed E-state index contributed by atoms with van der Waals surface area (Å²) in [5, 5.41) is 16.4. The highest BCUT2D eigenvalue weighted by Gasteiger charge is 2.07. The van der Waals surface area contributed by atoms with Crippen molar-refractivity contribution in [2.45, 2.75) is 11.3 Å². The molecule has 0 aromatic heterocycles. The molecule has 2 aromatic rings. The second-order valence-electron chi connectivity index (χ2n) is 5.92. The highest BCUT2D eigenvalue weighted by atomic mass is 32.2. The Bertz CT molecular complexity index is 1030. The van der Waals surface area contributed by atoms with Crippen LogP contribution in [0, 0.1) is 11.3 Å². The molecule has 0 spiro atoms. The number of hydrogen-bond acceptors (Lipinski definition) is 6. The Labute approximate surface area is 169 Å². The van der Waals surface area contributed by atoms with E-state index < -0.39 is 10.0 Å². The number of carbonyl (C=O) groups excluding carboxylic acids is 1. The number of ether oxygens (including phenoxy) is 2. The van der Waals surface area contributed by atoms with Gasteiger partial charge >= 0.3 is 0 Å². The van der Waals surface area contributed by atoms with Crippen molar-refractivity contribution >= 4 is 22.0 Å². The Balaban J connectivity index is 1.87. The van der Waals surface area contributed by atoms with Gasteiger partial charge in [-0.3, -0.25) is 4.79 Å². The zero-order valence-electron chi connectivity index (χ0n) is 15.8. The molecule has 0 saturated heterocycles. The van der Waals surface area contributed by atoms with Gasteiger partial charge in [0.1, 0.15) is 6.07 Å². The Hall–Kier alpha value is -3.35. The van der Waals surface area contributed by atoms with Gasteiger partial charge in [0.25, 0.3) is 0 Å². The Kier molecular flexibility index (Phi) is 7.77. The van der Waals surface area contributed by atoms with Crippen LogP contribution in [0.2, 0.25) is 0 Å². The predicted octanol–water partition coefficient (Wildman–Crippen LogP) is 1.62. The van der Waals surface area contributed by atoms with Gasteiger partial charge in [-0.15, -0.1) is 0 Å². The van der Waals surface area contributed by atoms with Crippen molar-refractivity contribution in [3.8, 4) is 17.6 Å². The molecule has 2 rings (SSSR count). The molecule has 9 heteroatoms. The minimum absolute atomic E-state index is 0.0488. The Morgan fingerprint density at radius 3 is 2.55 bits per heavy atom. The summed E-state index contributed by atoms with van der Waals surface area (Å²) >= 11 is 0. The second kappa shape index (κ2) is 10.3. The third-order valence-corrected chi connectivity index (χ3v) is 4.80. The molecule has 0 unspecified atom stereocenters. The van der Waals surface area contributed by atoms with E-state index in [-0.39, 0.29) is 17.4 Å². The van der Waals surface area contributed by atoms with Crippen LogP contribution in [0.4, 0.5) is 0 Å². The van der Waals surface area contributed by atoms with E-state index in [1.807, 2.05) is 6.07 Å². The predicted molar refractivity (Wildman–Crippen MR) is 108 cm³/mol. The minimum atomic E-state index is -3.71. The molecule has 8 nitrogen and oxygen atoms in total. The van der Waals surface area contributed by atoms with Crippen LogP contribution in [0.3, 0.4) is 0 Å². The molecule has 2 aromatic carbocycles. The summed E-state index contributed by atoms with van der Waals surface area (Å²) in [6.07, 6.45) is 3.57. The number of rotatable bonds is 9. The van der Waals surface area contributed by atoms with Crippen LogP contribution in [-0.4, -0.2) is 34.6 Å². The number of amides is 1. The molecule has 1 amide bonds. The van der Waals surface area contributed by atoms with Gasteiger partial charge in [0.05, 0.1) is 12.0 Å². The van der Waals surface area contributed by atoms with Crippen LogP contribution < -0.4 is 19.9 Å². The lowest BCUT2D eigenvalue weighted by Gasteiger charge is -2.08. The first-order valence-electron chi connectivity index (χ1n) is 8.59. The summed E-state index contributed by atoms with van der Waals surface area (Å²) in [7, 11) is -2.22. The smallest absolute Gasteiger partial charge is 0.244 e. The molecule has 0 radical (unpaired) electrons. The van der Waals surface area contributed by atoms with Gasteiger partial charge in [0.15, 0.2) is 18.1 Å². The van der Waals surface area contributed by atoms with Gasteiger partial charge in [-0.05, 0) is 47.9 Å². The quantitative estimate of drug-likeness (QED) is 0.598. The van der Waals surface area contributed by atoms with Gasteiger partial charge in [-0.25, -0.2) is 13.6 Å². The molecule has 0 aliphatic heterocycles. The van der Waals surface area contributed by atoms with E-state index in [9.17, 15) is 13.2 Å². The third-order valence-electron chi connectivity index (χ3n) is 3.87. The van der Waals surface area contributed by atoms with Crippen molar-refractivity contribution in [1.29, 1.82) is 5.26 Å². The number of sulfonamides is 1. The first-order valence-corrected chi connectivity index (χ1v) is 10.1. The summed E-state index contributed by atoms with van der Waals surface area (Å²) < 4.78 is 32.9. The van der Waals surface area contributed by atoms with Crippen molar-refractivity contribution in [1.82, 2.24) is 5.32 Å². The van der Waals surface area contributed by atoms with Crippen LogP contribution in [0.25, 0.3) is 6.08 Å². The number of primary sulfonamides is 1. The van der Waals surface area contributed by atoms with Gasteiger partial charge in [-0.2, -0.15) is 5.26 Å². The van der Waals surface area contributed by atoms with E-state index in [0.29, 0.717) is 24.5 Å². The van der Waals surface area contributed by atoms with E-state index >= 15 is 0 Å². The molecule has 0 aliphatic rings. The number of hydrogen-bond donors (Lipinski definition) is 2. The van der Waals surface area contributed by atoms with Crippen molar-refractivity contribution in [3.05, 3.63) is 59.7 Å². The van der Waals surface area contributed by atoms with E-state index in [4.69, 9.17) is 19.9 Å². The molecule has 0 heterocycles. The van der Waals surface area contributed by atoms with Gasteiger partial charge in [0.2, 0.25) is 15.9 Å². The molecule has 0 fully saturated rings. The molecule has 0 bridgehead atoms. The number of methoxy groups -OCH3 is 1. The molecule has 0 aliphatic carbocycles. The molecule has 0 saturated carbocycles. The maximum Gasteiger partial charge on any atom is 0.244 e. The number of benzene rings is 2. The highest BCUT2D eigenvalue weighted by molar-refractivity contribution is 7.89. The minimum Gasteiger partial charge on any atom is -0.493 e. The van der Waals surface area contributed by atoms with Crippen molar-refractivity contribution < 1.29 is 22.7 Å². The SMILES string of the molecule is COc1cc(C=CC(=O)NCCc2ccc(S(N)(=O)=O)cc2)ccc1OCC#N. The Morgan fingerprint density at radius 1 is 1.21 bits per heavy atom. The average Bonchev–Trinajstić information content (AvgIpc) is 2.70. The highest BCUT2D eigenvalue weighted by Crippen LogP contribution is 2.28. The number of carbonyl (C=O) groups is 1. The molecule has 0 atom stereocenters. The number of nitrogens with two attached hydrogens (primary N) is 1. The van der Waals surface area contributed by atoms with Crippen molar-refractivity contribution in [2.24, 2.45) is 5.14 Å². The average molecular weight is 415 g/mol. The second-order valence-corrected chi connectivity index (χ2v) is 7.48. The monoisotopic (exact) mass is 415 g/mol. The van der Waals surface area contributed by atoms with Crippen LogP contribution in [0.15, 0.2) is 53.4 Å². The maximum atomic E-state index is 12.0. The first kappa shape index (κ1) is 21.9. The van der Waals surface area contributed by atoms with Gasteiger partial charge < -0.3 is 14.8 Å². The normalized spacial score (nSPS) is 11.1. The molecular formula is C20H21N3O5S. The number of nitrogens with zero attached hydrogens (tertiary/aromatic N) is 1. The van der Waals surface area contributed by atoms with Crippen LogP contribution in [0.5, 0.6) is 11.5 Å². The molecule has 29 heavy (non-hydrogen) atoms. The van der Waals surface area contributed by atoms with E-state index in [1.165, 1.54) is 25.3 Å². The maximum absolute atomic E-state index is 12.0. The van der Waals surface area contributed by atoms with Gasteiger partial charge in [0, 0.05) is 12.6 Å². The lowest BCUT2D eigenvalue weighted by Crippen LogP contribution is -2.23. The zero-order valence-corrected chi connectivity index (χ0v) is 16.6. The zero-order chi connectivity index (χ0) is 21.3. The Morgan fingerprint density at radius 2 is 1.93 bits per heavy atom. The molecular weight excluding hydrogens is 394 g/mol. The lowest BCUT2D eigenvalue weighted by atomic mass is 10.1. The third kappa shape index (κ3) is 6.95. The van der Waals surface area contributed by atoms with Crippen molar-refractivity contribution in [2.75, 3.05) is 20.3 Å². The summed E-state index contributed by atoms with van der Waals surface area (Å²) in [6, 6.07) is 13.2. The summed E-state index contributed by atoms with van der Waals surface area (Å²) in [4.78, 5) is 12.0. The standard InChI is InChI=1S/C20H21N3O5S/c1-27-19-14-16(4-8-18(19)28-13-11-21)5-9-20(24)23-12-10-15-2-6-17(7-3-15)29(22,25)26/h2-9,14H,10,12-13H2,1H3,(H,23,24)(H2,22,25,26). The fourth-order valence-corrected chi connectivity index (χ4v) is 2.94. The van der Waals surface area contributed by atoms with Crippen LogP contribution >= 0.6 is 0 Å². The number of nitrogens with one attached hydrogen (secondary N) is 1. The van der Waals surface area contributed by atoms with E-state index in [2.05, 4.69) is 5.32 Å². The van der Waals surface area contributed by atoms with Gasteiger partial charge in [-0.1, -0.05) is 18.2 Å².